The van der Waals surface area contributed by atoms with E-state index in [1.807, 2.05) is 26.8 Å². The van der Waals surface area contributed by atoms with Gasteiger partial charge in [-0.25, -0.2) is 4.79 Å². The zero-order valence-corrected chi connectivity index (χ0v) is 18.3. The maximum absolute atomic E-state index is 12.5. The number of rotatable bonds is 9. The lowest BCUT2D eigenvalue weighted by Crippen LogP contribution is -2.30. The molecule has 30 heavy (non-hydrogen) atoms. The fraction of sp³-hybridized carbons (Fsp3) is 0.391. The van der Waals surface area contributed by atoms with E-state index in [0.29, 0.717) is 35.5 Å². The summed E-state index contributed by atoms with van der Waals surface area (Å²) in [5.74, 6) is 0.741. The molecular formula is C23H29NO6. The Kier molecular flexibility index (Phi) is 8.09. The summed E-state index contributed by atoms with van der Waals surface area (Å²) in [4.78, 5) is 25.0. The van der Waals surface area contributed by atoms with E-state index in [4.69, 9.17) is 18.9 Å². The molecule has 0 aliphatic carbocycles. The number of ether oxygens (including phenoxy) is 4. The third-order valence-electron chi connectivity index (χ3n) is 4.24. The van der Waals surface area contributed by atoms with Crippen molar-refractivity contribution < 1.29 is 28.5 Å². The Balaban J connectivity index is 2.06. The number of hydrogen-bond acceptors (Lipinski definition) is 6. The first kappa shape index (κ1) is 23.1. The quantitative estimate of drug-likeness (QED) is 0.617. The molecule has 0 aliphatic rings. The number of nitrogens with one attached hydrogen (secondary N) is 1. The number of carbonyl (C=O) groups excluding carboxylic acids is 2. The third kappa shape index (κ3) is 6.14. The van der Waals surface area contributed by atoms with Crippen molar-refractivity contribution in [1.29, 1.82) is 0 Å². The van der Waals surface area contributed by atoms with E-state index < -0.39 is 18.0 Å². The summed E-state index contributed by atoms with van der Waals surface area (Å²) in [6.45, 7) is 8.01. The highest BCUT2D eigenvalue weighted by atomic mass is 16.5. The van der Waals surface area contributed by atoms with Crippen LogP contribution in [0.4, 0.5) is 5.69 Å². The Morgan fingerprint density at radius 3 is 2.23 bits per heavy atom. The van der Waals surface area contributed by atoms with Crippen molar-refractivity contribution in [3.05, 3.63) is 47.5 Å². The van der Waals surface area contributed by atoms with Crippen molar-refractivity contribution in [3.8, 4) is 17.2 Å². The normalized spacial score (nSPS) is 11.6. The standard InChI is InChI=1S/C23H29NO6/c1-14(2)13-29-20-10-8-17(12-21(20)28-6)23(26)30-16(4)22(25)24-18-11-15(3)7-9-19(18)27-5/h7-12,14,16H,13H2,1-6H3,(H,24,25)/t16-/m1/s1. The second-order valence-corrected chi connectivity index (χ2v) is 7.31. The fourth-order valence-electron chi connectivity index (χ4n) is 2.61. The SMILES string of the molecule is COc1ccc(C)cc1NC(=O)[C@@H](C)OC(=O)c1ccc(OCC(C)C)c(OC)c1. The third-order valence-corrected chi connectivity index (χ3v) is 4.24. The lowest BCUT2D eigenvalue weighted by Gasteiger charge is -2.16. The molecule has 0 heterocycles. The lowest BCUT2D eigenvalue weighted by molar-refractivity contribution is -0.123. The highest BCUT2D eigenvalue weighted by Gasteiger charge is 2.21. The van der Waals surface area contributed by atoms with Gasteiger partial charge in [-0.3, -0.25) is 4.79 Å². The molecule has 0 bridgehead atoms. The van der Waals surface area contributed by atoms with Crippen LogP contribution in [0.1, 0.15) is 36.7 Å². The molecule has 1 atom stereocenters. The molecule has 0 radical (unpaired) electrons. The molecule has 162 valence electrons. The van der Waals surface area contributed by atoms with Crippen LogP contribution in [0.3, 0.4) is 0 Å². The predicted molar refractivity (Wildman–Crippen MR) is 115 cm³/mol. The van der Waals surface area contributed by atoms with Gasteiger partial charge in [0.05, 0.1) is 32.1 Å². The minimum atomic E-state index is -1.01. The molecule has 0 unspecified atom stereocenters. The van der Waals surface area contributed by atoms with Crippen LogP contribution in [0.5, 0.6) is 17.2 Å². The maximum Gasteiger partial charge on any atom is 0.339 e. The van der Waals surface area contributed by atoms with Gasteiger partial charge in [0.1, 0.15) is 5.75 Å². The van der Waals surface area contributed by atoms with Gasteiger partial charge in [-0.2, -0.15) is 0 Å². The Morgan fingerprint density at radius 1 is 0.933 bits per heavy atom. The van der Waals surface area contributed by atoms with Crippen molar-refractivity contribution >= 4 is 17.6 Å². The second-order valence-electron chi connectivity index (χ2n) is 7.31. The van der Waals surface area contributed by atoms with Crippen LogP contribution in [0.2, 0.25) is 0 Å². The largest absolute Gasteiger partial charge is 0.495 e. The van der Waals surface area contributed by atoms with Gasteiger partial charge in [-0.15, -0.1) is 0 Å². The monoisotopic (exact) mass is 415 g/mol. The second kappa shape index (κ2) is 10.5. The van der Waals surface area contributed by atoms with Crippen LogP contribution in [0.15, 0.2) is 36.4 Å². The molecule has 0 aromatic heterocycles. The maximum atomic E-state index is 12.5. The summed E-state index contributed by atoms with van der Waals surface area (Å²) in [6, 6.07) is 10.2. The number of carbonyl (C=O) groups is 2. The molecule has 7 heteroatoms. The Morgan fingerprint density at radius 2 is 1.60 bits per heavy atom. The van der Waals surface area contributed by atoms with Crippen LogP contribution in [-0.4, -0.2) is 38.8 Å². The first-order valence-electron chi connectivity index (χ1n) is 9.72. The average Bonchev–Trinajstić information content (AvgIpc) is 2.72. The van der Waals surface area contributed by atoms with Gasteiger partial charge in [0.15, 0.2) is 17.6 Å². The van der Waals surface area contributed by atoms with Gasteiger partial charge in [-0.05, 0) is 55.7 Å². The summed E-state index contributed by atoms with van der Waals surface area (Å²) >= 11 is 0. The number of hydrogen-bond donors (Lipinski definition) is 1. The molecule has 2 rings (SSSR count). The minimum Gasteiger partial charge on any atom is -0.495 e. The van der Waals surface area contributed by atoms with Gasteiger partial charge in [0.25, 0.3) is 5.91 Å². The highest BCUT2D eigenvalue weighted by molar-refractivity contribution is 5.98. The molecular weight excluding hydrogens is 386 g/mol. The summed E-state index contributed by atoms with van der Waals surface area (Å²) < 4.78 is 21.6. The molecule has 1 N–H and O–H groups in total. The van der Waals surface area contributed by atoms with E-state index in [1.54, 1.807) is 24.3 Å². The van der Waals surface area contributed by atoms with E-state index in [2.05, 4.69) is 5.32 Å². The number of methoxy groups -OCH3 is 2. The van der Waals surface area contributed by atoms with Gasteiger partial charge < -0.3 is 24.3 Å². The van der Waals surface area contributed by atoms with Crippen LogP contribution >= 0.6 is 0 Å². The van der Waals surface area contributed by atoms with Crippen molar-refractivity contribution in [2.75, 3.05) is 26.1 Å². The van der Waals surface area contributed by atoms with Gasteiger partial charge in [0, 0.05) is 0 Å². The Hall–Kier alpha value is -3.22. The highest BCUT2D eigenvalue weighted by Crippen LogP contribution is 2.29. The van der Waals surface area contributed by atoms with Crippen LogP contribution in [0.25, 0.3) is 0 Å². The molecule has 0 aliphatic heterocycles. The molecule has 1 amide bonds. The number of benzene rings is 2. The van der Waals surface area contributed by atoms with Gasteiger partial charge in [0.2, 0.25) is 0 Å². The molecule has 0 spiro atoms. The summed E-state index contributed by atoms with van der Waals surface area (Å²) in [6.07, 6.45) is -1.01. The number of esters is 1. The summed E-state index contributed by atoms with van der Waals surface area (Å²) in [5.41, 5.74) is 1.73. The number of aryl methyl sites for hydroxylation is 1. The van der Waals surface area contributed by atoms with Crippen molar-refractivity contribution in [1.82, 2.24) is 0 Å². The van der Waals surface area contributed by atoms with Gasteiger partial charge >= 0.3 is 5.97 Å². The van der Waals surface area contributed by atoms with Crippen LogP contribution < -0.4 is 19.5 Å². The van der Waals surface area contributed by atoms with E-state index in [0.717, 1.165) is 5.56 Å². The average molecular weight is 415 g/mol. The van der Waals surface area contributed by atoms with Crippen molar-refractivity contribution in [2.24, 2.45) is 5.92 Å². The molecule has 0 fully saturated rings. The predicted octanol–water partition coefficient (Wildman–Crippen LogP) is 4.23. The van der Waals surface area contributed by atoms with Crippen LogP contribution in [-0.2, 0) is 9.53 Å². The first-order chi connectivity index (χ1) is 14.2. The van der Waals surface area contributed by atoms with Crippen molar-refractivity contribution in [2.45, 2.75) is 33.8 Å². The lowest BCUT2D eigenvalue weighted by atomic mass is 10.2. The number of amides is 1. The topological polar surface area (TPSA) is 83.1 Å². The summed E-state index contributed by atoms with van der Waals surface area (Å²) in [5, 5.41) is 2.73. The van der Waals surface area contributed by atoms with Gasteiger partial charge in [-0.1, -0.05) is 19.9 Å². The van der Waals surface area contributed by atoms with Crippen LogP contribution in [0, 0.1) is 12.8 Å². The van der Waals surface area contributed by atoms with E-state index in [9.17, 15) is 9.59 Å². The van der Waals surface area contributed by atoms with Crippen molar-refractivity contribution in [3.63, 3.8) is 0 Å². The minimum absolute atomic E-state index is 0.261. The van der Waals surface area contributed by atoms with E-state index in [1.165, 1.54) is 27.2 Å². The Bertz CT molecular complexity index is 893. The van der Waals surface area contributed by atoms with E-state index in [-0.39, 0.29) is 5.56 Å². The molecule has 2 aromatic carbocycles. The zero-order chi connectivity index (χ0) is 22.3. The molecule has 7 nitrogen and oxygen atoms in total. The molecule has 0 saturated heterocycles. The molecule has 0 saturated carbocycles. The smallest absolute Gasteiger partial charge is 0.339 e. The number of anilines is 1. The zero-order valence-electron chi connectivity index (χ0n) is 18.3. The first-order valence-corrected chi connectivity index (χ1v) is 9.72. The Labute approximate surface area is 177 Å². The molecule has 2 aromatic rings. The fourth-order valence-corrected chi connectivity index (χ4v) is 2.61. The summed E-state index contributed by atoms with van der Waals surface area (Å²) in [7, 11) is 3.02. The van der Waals surface area contributed by atoms with E-state index >= 15 is 0 Å².